The van der Waals surface area contributed by atoms with Gasteiger partial charge in [0.25, 0.3) is 9.05 Å². The second-order valence-corrected chi connectivity index (χ2v) is 9.46. The number of likely N-dealkylation sites (tertiary alicyclic amines) is 1. The minimum atomic E-state index is -4.00. The highest BCUT2D eigenvalue weighted by atomic mass is 35.7. The number of rotatable bonds is 2. The Morgan fingerprint density at radius 3 is 2.64 bits per heavy atom. The summed E-state index contributed by atoms with van der Waals surface area (Å²) >= 11 is 0. The van der Waals surface area contributed by atoms with Crippen molar-refractivity contribution in [3.63, 3.8) is 0 Å². The minimum absolute atomic E-state index is 0.155. The second-order valence-electron chi connectivity index (χ2n) is 6.93. The van der Waals surface area contributed by atoms with Crippen LogP contribution in [0.3, 0.4) is 0 Å². The Balaban J connectivity index is 2.27. The van der Waals surface area contributed by atoms with E-state index in [0.29, 0.717) is 25.9 Å². The average molecular weight is 390 g/mol. The Morgan fingerprint density at radius 2 is 2.04 bits per heavy atom. The maximum Gasteiger partial charge on any atom is 0.410 e. The van der Waals surface area contributed by atoms with Crippen LogP contribution in [0.1, 0.15) is 39.2 Å². The van der Waals surface area contributed by atoms with Crippen LogP contribution in [0.25, 0.3) is 6.08 Å². The lowest BCUT2D eigenvalue weighted by atomic mass is 10.0. The number of carbonyl (C=O) groups is 1. The van der Waals surface area contributed by atoms with E-state index in [2.05, 4.69) is 0 Å². The SMILES string of the molecule is CC(C)(C)OC(=O)N1CCCC(=Cc2cc(F)ccc2S(=O)(=O)Cl)C1. The van der Waals surface area contributed by atoms with Crippen molar-refractivity contribution in [2.45, 2.75) is 44.1 Å². The van der Waals surface area contributed by atoms with Gasteiger partial charge in [-0.25, -0.2) is 17.6 Å². The molecule has 0 saturated carbocycles. The number of hydrogen-bond donors (Lipinski definition) is 0. The number of ether oxygens (including phenoxy) is 1. The van der Waals surface area contributed by atoms with Crippen LogP contribution in [0.2, 0.25) is 0 Å². The number of piperidine rings is 1. The molecule has 0 bridgehead atoms. The minimum Gasteiger partial charge on any atom is -0.444 e. The van der Waals surface area contributed by atoms with Gasteiger partial charge in [0, 0.05) is 23.8 Å². The van der Waals surface area contributed by atoms with Crippen molar-refractivity contribution in [3.8, 4) is 0 Å². The first-order valence-electron chi connectivity index (χ1n) is 7.87. The van der Waals surface area contributed by atoms with Crippen molar-refractivity contribution in [2.24, 2.45) is 0 Å². The lowest BCUT2D eigenvalue weighted by Crippen LogP contribution is -2.40. The van der Waals surface area contributed by atoms with Gasteiger partial charge in [-0.2, -0.15) is 0 Å². The average Bonchev–Trinajstić information content (AvgIpc) is 2.44. The van der Waals surface area contributed by atoms with Crippen LogP contribution in [0.5, 0.6) is 0 Å². The first-order chi connectivity index (χ1) is 11.5. The third kappa shape index (κ3) is 5.71. The van der Waals surface area contributed by atoms with Crippen LogP contribution in [0.15, 0.2) is 28.7 Å². The van der Waals surface area contributed by atoms with Gasteiger partial charge < -0.3 is 9.64 Å². The highest BCUT2D eigenvalue weighted by Crippen LogP contribution is 2.26. The summed E-state index contributed by atoms with van der Waals surface area (Å²) in [4.78, 5) is 13.6. The molecule has 0 atom stereocenters. The van der Waals surface area contributed by atoms with Crippen molar-refractivity contribution in [1.82, 2.24) is 4.90 Å². The fraction of sp³-hybridized carbons (Fsp3) is 0.471. The van der Waals surface area contributed by atoms with Crippen molar-refractivity contribution < 1.29 is 22.3 Å². The van der Waals surface area contributed by atoms with Gasteiger partial charge in [-0.15, -0.1) is 0 Å². The zero-order chi connectivity index (χ0) is 18.8. The van der Waals surface area contributed by atoms with E-state index < -0.39 is 26.6 Å². The van der Waals surface area contributed by atoms with Crippen molar-refractivity contribution in [1.29, 1.82) is 0 Å². The van der Waals surface area contributed by atoms with Crippen molar-refractivity contribution in [2.75, 3.05) is 13.1 Å². The third-order valence-corrected chi connectivity index (χ3v) is 4.96. The van der Waals surface area contributed by atoms with Crippen LogP contribution in [0.4, 0.5) is 9.18 Å². The second kappa shape index (κ2) is 7.33. The molecule has 1 heterocycles. The van der Waals surface area contributed by atoms with Crippen LogP contribution in [0, 0.1) is 5.82 Å². The Hall–Kier alpha value is -1.60. The number of hydrogen-bond acceptors (Lipinski definition) is 4. The molecule has 1 aliphatic heterocycles. The molecule has 1 fully saturated rings. The number of benzene rings is 1. The van der Waals surface area contributed by atoms with E-state index >= 15 is 0 Å². The van der Waals surface area contributed by atoms with Gasteiger partial charge in [0.05, 0.1) is 4.90 Å². The summed E-state index contributed by atoms with van der Waals surface area (Å²) in [5.41, 5.74) is 0.390. The molecule has 1 saturated heterocycles. The molecule has 0 radical (unpaired) electrons. The van der Waals surface area contributed by atoms with Gasteiger partial charge in [-0.1, -0.05) is 11.6 Å². The first kappa shape index (κ1) is 19.7. The molecule has 1 aromatic rings. The van der Waals surface area contributed by atoms with E-state index in [9.17, 15) is 17.6 Å². The van der Waals surface area contributed by atoms with Crippen LogP contribution in [-0.4, -0.2) is 38.1 Å². The summed E-state index contributed by atoms with van der Waals surface area (Å²) in [6.45, 7) is 6.21. The zero-order valence-electron chi connectivity index (χ0n) is 14.4. The smallest absolute Gasteiger partial charge is 0.410 e. The summed E-state index contributed by atoms with van der Waals surface area (Å²) in [5.74, 6) is -0.560. The van der Waals surface area contributed by atoms with Gasteiger partial charge in [0.15, 0.2) is 0 Å². The van der Waals surface area contributed by atoms with Crippen LogP contribution in [-0.2, 0) is 13.8 Å². The Labute approximate surface area is 151 Å². The molecule has 0 unspecified atom stereocenters. The molecule has 0 aliphatic carbocycles. The quantitative estimate of drug-likeness (QED) is 0.712. The molecule has 138 valence electrons. The summed E-state index contributed by atoms with van der Waals surface area (Å²) < 4.78 is 42.2. The van der Waals surface area contributed by atoms with E-state index in [4.69, 9.17) is 15.4 Å². The number of carbonyl (C=O) groups excluding carboxylic acids is 1. The Morgan fingerprint density at radius 1 is 1.36 bits per heavy atom. The summed E-state index contributed by atoms with van der Waals surface area (Å²) in [5, 5.41) is 0. The third-order valence-electron chi connectivity index (χ3n) is 3.57. The number of halogens is 2. The monoisotopic (exact) mass is 389 g/mol. The lowest BCUT2D eigenvalue weighted by molar-refractivity contribution is 0.0247. The first-order valence-corrected chi connectivity index (χ1v) is 10.2. The maximum absolute atomic E-state index is 13.5. The van der Waals surface area contributed by atoms with E-state index in [1.165, 1.54) is 0 Å². The van der Waals surface area contributed by atoms with Crippen LogP contribution < -0.4 is 0 Å². The topological polar surface area (TPSA) is 63.7 Å². The molecule has 0 aromatic heterocycles. The van der Waals surface area contributed by atoms with Gasteiger partial charge in [0.2, 0.25) is 0 Å². The molecule has 2 rings (SSSR count). The summed E-state index contributed by atoms with van der Waals surface area (Å²) in [6.07, 6.45) is 2.54. The predicted molar refractivity (Wildman–Crippen MR) is 94.5 cm³/mol. The Kier molecular flexibility index (Phi) is 5.79. The maximum atomic E-state index is 13.5. The summed E-state index contributed by atoms with van der Waals surface area (Å²) in [6, 6.07) is 3.30. The highest BCUT2D eigenvalue weighted by Gasteiger charge is 2.25. The molecule has 1 amide bonds. The van der Waals surface area contributed by atoms with Crippen LogP contribution >= 0.6 is 10.7 Å². The number of nitrogens with zero attached hydrogens (tertiary/aromatic N) is 1. The molecule has 8 heteroatoms. The molecule has 0 N–H and O–H groups in total. The largest absolute Gasteiger partial charge is 0.444 e. The van der Waals surface area contributed by atoms with Gasteiger partial charge in [0.1, 0.15) is 11.4 Å². The fourth-order valence-electron chi connectivity index (χ4n) is 2.57. The normalized spacial score (nSPS) is 17.6. The predicted octanol–water partition coefficient (Wildman–Crippen LogP) is 4.17. The molecule has 1 aromatic carbocycles. The van der Waals surface area contributed by atoms with E-state index in [-0.39, 0.29) is 10.5 Å². The number of amides is 1. The van der Waals surface area contributed by atoms with E-state index in [0.717, 1.165) is 23.8 Å². The standard InChI is InChI=1S/C17H21ClFNO4S/c1-17(2,3)24-16(21)20-8-4-5-12(11-20)9-13-10-14(19)6-7-15(13)25(18,22)23/h6-7,9-10H,4-5,8,11H2,1-3H3. The van der Waals surface area contributed by atoms with Gasteiger partial charge >= 0.3 is 6.09 Å². The van der Waals surface area contributed by atoms with Gasteiger partial charge in [-0.05, 0) is 57.4 Å². The zero-order valence-corrected chi connectivity index (χ0v) is 16.0. The highest BCUT2D eigenvalue weighted by molar-refractivity contribution is 8.13. The van der Waals surface area contributed by atoms with Crippen molar-refractivity contribution in [3.05, 3.63) is 35.2 Å². The molecule has 5 nitrogen and oxygen atoms in total. The van der Waals surface area contributed by atoms with E-state index in [1.807, 2.05) is 0 Å². The molecule has 0 spiro atoms. The molecular weight excluding hydrogens is 369 g/mol. The Bertz CT molecular complexity index is 799. The fourth-order valence-corrected chi connectivity index (χ4v) is 3.63. The molecule has 1 aliphatic rings. The van der Waals surface area contributed by atoms with Gasteiger partial charge in [-0.3, -0.25) is 0 Å². The van der Waals surface area contributed by atoms with Crippen molar-refractivity contribution >= 4 is 31.9 Å². The summed E-state index contributed by atoms with van der Waals surface area (Å²) in [7, 11) is 1.42. The molecule has 25 heavy (non-hydrogen) atoms. The molecular formula is C17H21ClFNO4S. The van der Waals surface area contributed by atoms with E-state index in [1.54, 1.807) is 31.7 Å². The lowest BCUT2D eigenvalue weighted by Gasteiger charge is -2.31.